The average Bonchev–Trinajstić information content (AvgIpc) is 3.02. The first kappa shape index (κ1) is 19.4. The van der Waals surface area contributed by atoms with Gasteiger partial charge in [-0.15, -0.1) is 11.3 Å². The highest BCUT2D eigenvalue weighted by Crippen LogP contribution is 2.55. The van der Waals surface area contributed by atoms with Crippen LogP contribution in [-0.2, 0) is 6.18 Å². The topological polar surface area (TPSA) is 41.9 Å². The van der Waals surface area contributed by atoms with Gasteiger partial charge in [-0.05, 0) is 48.4 Å². The highest BCUT2D eigenvalue weighted by Gasteiger charge is 2.56. The Hall–Kier alpha value is -1.58. The molecule has 5 rings (SSSR count). The maximum atomic E-state index is 13.2. The predicted octanol–water partition coefficient (Wildman–Crippen LogP) is 5.54. The lowest BCUT2D eigenvalue weighted by Crippen LogP contribution is -2.27. The van der Waals surface area contributed by atoms with Gasteiger partial charge < -0.3 is 4.90 Å². The third kappa shape index (κ3) is 3.57. The quantitative estimate of drug-likeness (QED) is 0.381. The molecule has 2 aliphatic rings. The van der Waals surface area contributed by atoms with Crippen molar-refractivity contribution in [1.82, 2.24) is 15.0 Å². The number of thioether (sulfide) groups is 1. The standard InChI is InChI=1S/C19H16ClF3N4S2/c1-9-15(19(21,22)23)25-17(20)26-16(9)27-6-10-11(7-27)12(10)8-28-18-24-13-4-2-3-5-14(13)29-18/h2-5,10-12H,6-8H2,1H3/t10-,11+,12?. The van der Waals surface area contributed by atoms with Gasteiger partial charge in [0.1, 0.15) is 5.82 Å². The second-order valence-corrected chi connectivity index (χ2v) is 10.1. The minimum atomic E-state index is -4.54. The highest BCUT2D eigenvalue weighted by molar-refractivity contribution is 8.01. The number of aromatic nitrogens is 3. The molecule has 2 aromatic heterocycles. The zero-order chi connectivity index (χ0) is 20.3. The van der Waals surface area contributed by atoms with Gasteiger partial charge in [0.05, 0.1) is 10.2 Å². The van der Waals surface area contributed by atoms with Crippen LogP contribution in [0.3, 0.4) is 0 Å². The summed E-state index contributed by atoms with van der Waals surface area (Å²) in [5.41, 5.74) is 0.123. The number of fused-ring (bicyclic) bond motifs is 2. The van der Waals surface area contributed by atoms with Gasteiger partial charge in [0.15, 0.2) is 10.0 Å². The fraction of sp³-hybridized carbons (Fsp3) is 0.421. The number of rotatable bonds is 4. The third-order valence-electron chi connectivity index (χ3n) is 5.71. The Morgan fingerprint density at radius 2 is 1.90 bits per heavy atom. The number of hydrogen-bond acceptors (Lipinski definition) is 6. The van der Waals surface area contributed by atoms with E-state index >= 15 is 0 Å². The lowest BCUT2D eigenvalue weighted by Gasteiger charge is -2.24. The van der Waals surface area contributed by atoms with Crippen molar-refractivity contribution in [3.05, 3.63) is 40.8 Å². The summed E-state index contributed by atoms with van der Waals surface area (Å²) in [4.78, 5) is 14.1. The summed E-state index contributed by atoms with van der Waals surface area (Å²) in [5.74, 6) is 2.84. The van der Waals surface area contributed by atoms with E-state index in [1.165, 1.54) is 11.6 Å². The van der Waals surface area contributed by atoms with E-state index < -0.39 is 11.9 Å². The highest BCUT2D eigenvalue weighted by atomic mass is 35.5. The number of para-hydroxylation sites is 1. The summed E-state index contributed by atoms with van der Waals surface area (Å²) >= 11 is 9.25. The average molecular weight is 457 g/mol. The van der Waals surface area contributed by atoms with Crippen LogP contribution in [0.1, 0.15) is 11.3 Å². The summed E-state index contributed by atoms with van der Waals surface area (Å²) in [6.07, 6.45) is -4.54. The van der Waals surface area contributed by atoms with Crippen molar-refractivity contribution in [3.63, 3.8) is 0 Å². The number of hydrogen-bond donors (Lipinski definition) is 0. The number of benzene rings is 1. The van der Waals surface area contributed by atoms with E-state index in [-0.39, 0.29) is 10.8 Å². The molecule has 3 atom stereocenters. The van der Waals surface area contributed by atoms with Gasteiger partial charge in [-0.2, -0.15) is 13.2 Å². The fourth-order valence-corrected chi connectivity index (χ4v) is 6.78. The first-order chi connectivity index (χ1) is 13.8. The molecule has 2 fully saturated rings. The number of thiazole rings is 1. The second kappa shape index (κ2) is 6.99. The third-order valence-corrected chi connectivity index (χ3v) is 8.20. The maximum absolute atomic E-state index is 13.2. The first-order valence-electron chi connectivity index (χ1n) is 9.16. The summed E-state index contributed by atoms with van der Waals surface area (Å²) in [5, 5.41) is -0.360. The molecule has 0 bridgehead atoms. The van der Waals surface area contributed by atoms with Crippen molar-refractivity contribution in [2.24, 2.45) is 17.8 Å². The Labute approximate surface area is 178 Å². The zero-order valence-electron chi connectivity index (χ0n) is 15.3. The van der Waals surface area contributed by atoms with E-state index in [1.807, 2.05) is 23.1 Å². The van der Waals surface area contributed by atoms with Gasteiger partial charge >= 0.3 is 6.18 Å². The minimum Gasteiger partial charge on any atom is -0.356 e. The molecule has 152 valence electrons. The molecule has 29 heavy (non-hydrogen) atoms. The number of halogens is 4. The van der Waals surface area contributed by atoms with Crippen LogP contribution in [-0.4, -0.2) is 33.8 Å². The Morgan fingerprint density at radius 3 is 2.59 bits per heavy atom. The minimum absolute atomic E-state index is 0.0450. The molecule has 0 spiro atoms. The molecule has 1 aromatic carbocycles. The molecule has 4 nitrogen and oxygen atoms in total. The van der Waals surface area contributed by atoms with Crippen LogP contribution in [0.15, 0.2) is 28.6 Å². The van der Waals surface area contributed by atoms with Crippen LogP contribution < -0.4 is 4.90 Å². The number of alkyl halides is 3. The van der Waals surface area contributed by atoms with Crippen molar-refractivity contribution in [2.45, 2.75) is 17.4 Å². The molecule has 1 saturated heterocycles. The smallest absolute Gasteiger partial charge is 0.356 e. The molecule has 1 aliphatic heterocycles. The number of nitrogens with zero attached hydrogens (tertiary/aromatic N) is 4. The predicted molar refractivity (Wildman–Crippen MR) is 110 cm³/mol. The van der Waals surface area contributed by atoms with E-state index in [4.69, 9.17) is 11.6 Å². The van der Waals surface area contributed by atoms with Gasteiger partial charge in [0, 0.05) is 24.4 Å². The molecule has 3 aromatic rings. The fourth-order valence-electron chi connectivity index (χ4n) is 4.21. The van der Waals surface area contributed by atoms with Gasteiger partial charge in [-0.25, -0.2) is 15.0 Å². The maximum Gasteiger partial charge on any atom is 0.433 e. The van der Waals surface area contributed by atoms with E-state index in [0.29, 0.717) is 36.7 Å². The number of piperidine rings is 1. The van der Waals surface area contributed by atoms with Crippen LogP contribution in [0, 0.1) is 24.7 Å². The Bertz CT molecular complexity index is 1040. The Balaban J connectivity index is 1.24. The molecule has 0 N–H and O–H groups in total. The monoisotopic (exact) mass is 456 g/mol. The van der Waals surface area contributed by atoms with Crippen LogP contribution in [0.5, 0.6) is 0 Å². The van der Waals surface area contributed by atoms with Crippen molar-refractivity contribution in [2.75, 3.05) is 23.7 Å². The lowest BCUT2D eigenvalue weighted by atomic mass is 10.2. The summed E-state index contributed by atoms with van der Waals surface area (Å²) in [6.45, 7) is 2.83. The van der Waals surface area contributed by atoms with Gasteiger partial charge in [0.2, 0.25) is 5.28 Å². The molecule has 10 heteroatoms. The summed E-state index contributed by atoms with van der Waals surface area (Å²) in [7, 11) is 0. The number of anilines is 1. The summed E-state index contributed by atoms with van der Waals surface area (Å²) in [6, 6.07) is 8.09. The second-order valence-electron chi connectivity index (χ2n) is 7.44. The van der Waals surface area contributed by atoms with Gasteiger partial charge in [-0.1, -0.05) is 23.9 Å². The molecule has 3 heterocycles. The lowest BCUT2D eigenvalue weighted by molar-refractivity contribution is -0.141. The SMILES string of the molecule is Cc1c(N2C[C@@H]3C(CSc4nc5ccccc5s4)[C@@H]3C2)nc(Cl)nc1C(F)(F)F. The Kier molecular flexibility index (Phi) is 4.67. The van der Waals surface area contributed by atoms with Crippen molar-refractivity contribution in [3.8, 4) is 0 Å². The molecule has 1 aliphatic carbocycles. The van der Waals surface area contributed by atoms with Crippen molar-refractivity contribution in [1.29, 1.82) is 0 Å². The van der Waals surface area contributed by atoms with Crippen LogP contribution in [0.2, 0.25) is 5.28 Å². The molecule has 1 unspecified atom stereocenters. The van der Waals surface area contributed by atoms with Crippen LogP contribution in [0.4, 0.5) is 19.0 Å². The van der Waals surface area contributed by atoms with Gasteiger partial charge in [-0.3, -0.25) is 0 Å². The largest absolute Gasteiger partial charge is 0.433 e. The molecular formula is C19H16ClF3N4S2. The van der Waals surface area contributed by atoms with E-state index in [0.717, 1.165) is 15.6 Å². The zero-order valence-corrected chi connectivity index (χ0v) is 17.7. The van der Waals surface area contributed by atoms with Gasteiger partial charge in [0.25, 0.3) is 0 Å². The van der Waals surface area contributed by atoms with Crippen molar-refractivity contribution >= 4 is 50.7 Å². The summed E-state index contributed by atoms with van der Waals surface area (Å²) < 4.78 is 41.9. The first-order valence-corrected chi connectivity index (χ1v) is 11.3. The van der Waals surface area contributed by atoms with Crippen molar-refractivity contribution < 1.29 is 13.2 Å². The molecule has 0 amide bonds. The van der Waals surface area contributed by atoms with E-state index in [2.05, 4.69) is 21.0 Å². The van der Waals surface area contributed by atoms with E-state index in [9.17, 15) is 13.2 Å². The molecule has 1 saturated carbocycles. The van der Waals surface area contributed by atoms with E-state index in [1.54, 1.807) is 23.1 Å². The molecular weight excluding hydrogens is 441 g/mol. The normalized spacial score (nSPS) is 23.6. The molecule has 0 radical (unpaired) electrons. The van der Waals surface area contributed by atoms with Crippen LogP contribution in [0.25, 0.3) is 10.2 Å². The van der Waals surface area contributed by atoms with Crippen LogP contribution >= 0.6 is 34.7 Å². The Morgan fingerprint density at radius 1 is 1.17 bits per heavy atom.